The Balaban J connectivity index is 1.95. The molecule has 3 heterocycles. The van der Waals surface area contributed by atoms with Gasteiger partial charge < -0.3 is 14.7 Å². The summed E-state index contributed by atoms with van der Waals surface area (Å²) in [6.45, 7) is 1.87. The molecule has 1 aliphatic rings. The number of hydrogen-bond acceptors (Lipinski definition) is 7. The number of fused-ring (bicyclic) bond motifs is 1. The maximum absolute atomic E-state index is 9.30. The van der Waals surface area contributed by atoms with E-state index in [4.69, 9.17) is 4.74 Å². The number of aromatic nitrogens is 5. The zero-order chi connectivity index (χ0) is 11.7. The lowest BCUT2D eigenvalue weighted by atomic mass is 10.2. The van der Waals surface area contributed by atoms with E-state index in [9.17, 15) is 5.11 Å². The Morgan fingerprint density at radius 2 is 2.41 bits per heavy atom. The van der Waals surface area contributed by atoms with Gasteiger partial charge in [0.1, 0.15) is 0 Å². The van der Waals surface area contributed by atoms with Crippen molar-refractivity contribution >= 4 is 11.5 Å². The minimum atomic E-state index is -0.0646. The van der Waals surface area contributed by atoms with Crippen LogP contribution in [0.1, 0.15) is 0 Å². The fraction of sp³-hybridized carbons (Fsp3) is 0.556. The number of rotatable bonds is 2. The Labute approximate surface area is 96.8 Å². The highest BCUT2D eigenvalue weighted by Crippen LogP contribution is 2.16. The normalized spacial score (nSPS) is 21.0. The Hall–Kier alpha value is -1.80. The highest BCUT2D eigenvalue weighted by Gasteiger charge is 2.23. The van der Waals surface area contributed by atoms with Gasteiger partial charge in [0.2, 0.25) is 0 Å². The first-order chi connectivity index (χ1) is 8.38. The molecule has 0 spiro atoms. The highest BCUT2D eigenvalue weighted by atomic mass is 16.5. The second-order valence-corrected chi connectivity index (χ2v) is 3.82. The zero-order valence-corrected chi connectivity index (χ0v) is 9.10. The van der Waals surface area contributed by atoms with Gasteiger partial charge in [0.15, 0.2) is 11.5 Å². The first-order valence-corrected chi connectivity index (χ1v) is 5.39. The van der Waals surface area contributed by atoms with E-state index >= 15 is 0 Å². The summed E-state index contributed by atoms with van der Waals surface area (Å²) in [5.74, 6) is 0.743. The van der Waals surface area contributed by atoms with Crippen LogP contribution in [0.2, 0.25) is 0 Å². The van der Waals surface area contributed by atoms with E-state index in [1.54, 1.807) is 6.07 Å². The number of hydrogen-bond donors (Lipinski definition) is 1. The molecule has 0 aromatic carbocycles. The van der Waals surface area contributed by atoms with Crippen molar-refractivity contribution in [3.63, 3.8) is 0 Å². The van der Waals surface area contributed by atoms with Gasteiger partial charge in [-0.3, -0.25) is 0 Å². The molecule has 17 heavy (non-hydrogen) atoms. The van der Waals surface area contributed by atoms with Crippen LogP contribution in [0, 0.1) is 0 Å². The molecule has 1 unspecified atom stereocenters. The van der Waals surface area contributed by atoms with E-state index in [0.29, 0.717) is 25.4 Å². The van der Waals surface area contributed by atoms with Gasteiger partial charge in [-0.25, -0.2) is 0 Å². The minimum absolute atomic E-state index is 0.0370. The second kappa shape index (κ2) is 4.22. The summed E-state index contributed by atoms with van der Waals surface area (Å²) >= 11 is 0. The van der Waals surface area contributed by atoms with Crippen LogP contribution in [0.5, 0.6) is 0 Å². The second-order valence-electron chi connectivity index (χ2n) is 3.82. The van der Waals surface area contributed by atoms with Crippen molar-refractivity contribution < 1.29 is 9.84 Å². The van der Waals surface area contributed by atoms with Gasteiger partial charge in [0.25, 0.3) is 0 Å². The molecular weight excluding hydrogens is 224 g/mol. The standard InChI is InChI=1S/C9H12N6O2/c16-5-7-6-17-4-3-14(7)9-2-1-8-10-12-13-15(8)11-9/h1-2,7,16H,3-6H2. The summed E-state index contributed by atoms with van der Waals surface area (Å²) < 4.78 is 6.69. The molecule has 0 saturated carbocycles. The molecule has 8 heteroatoms. The predicted octanol–water partition coefficient (Wildman–Crippen LogP) is -1.28. The predicted molar refractivity (Wildman–Crippen MR) is 57.6 cm³/mol. The molecule has 1 N–H and O–H groups in total. The number of anilines is 1. The molecule has 1 saturated heterocycles. The van der Waals surface area contributed by atoms with E-state index in [1.807, 2.05) is 11.0 Å². The molecule has 0 bridgehead atoms. The molecule has 1 fully saturated rings. The third-order valence-electron chi connectivity index (χ3n) is 2.79. The SMILES string of the molecule is OCC1COCCN1c1ccc2nnnn2n1. The molecule has 8 nitrogen and oxygen atoms in total. The minimum Gasteiger partial charge on any atom is -0.394 e. The zero-order valence-electron chi connectivity index (χ0n) is 9.10. The molecule has 0 radical (unpaired) electrons. The maximum atomic E-state index is 9.30. The van der Waals surface area contributed by atoms with Crippen LogP contribution in [-0.2, 0) is 4.74 Å². The van der Waals surface area contributed by atoms with Gasteiger partial charge in [-0.15, -0.1) is 14.8 Å². The molecule has 1 aliphatic heterocycles. The van der Waals surface area contributed by atoms with Crippen molar-refractivity contribution in [1.82, 2.24) is 25.3 Å². The molecule has 0 amide bonds. The lowest BCUT2D eigenvalue weighted by molar-refractivity contribution is 0.0721. The highest BCUT2D eigenvalue weighted by molar-refractivity contribution is 5.45. The number of tetrazole rings is 1. The summed E-state index contributed by atoms with van der Waals surface area (Å²) in [4.78, 5) is 2.00. The van der Waals surface area contributed by atoms with Crippen LogP contribution in [0.4, 0.5) is 5.82 Å². The van der Waals surface area contributed by atoms with Crippen molar-refractivity contribution in [3.05, 3.63) is 12.1 Å². The molecular formula is C9H12N6O2. The van der Waals surface area contributed by atoms with Crippen molar-refractivity contribution in [2.24, 2.45) is 0 Å². The summed E-state index contributed by atoms with van der Waals surface area (Å²) in [5.41, 5.74) is 0.600. The van der Waals surface area contributed by atoms with Gasteiger partial charge >= 0.3 is 0 Å². The Bertz CT molecular complexity index is 515. The third kappa shape index (κ3) is 1.81. The largest absolute Gasteiger partial charge is 0.394 e. The van der Waals surface area contributed by atoms with E-state index in [1.165, 1.54) is 4.63 Å². The van der Waals surface area contributed by atoms with Crippen LogP contribution in [0.3, 0.4) is 0 Å². The number of aliphatic hydroxyl groups is 1. The summed E-state index contributed by atoms with van der Waals surface area (Å²) in [6, 6.07) is 3.58. The van der Waals surface area contributed by atoms with Crippen molar-refractivity contribution in [2.45, 2.75) is 6.04 Å². The van der Waals surface area contributed by atoms with E-state index in [-0.39, 0.29) is 12.6 Å². The molecule has 1 atom stereocenters. The van der Waals surface area contributed by atoms with Gasteiger partial charge in [0.05, 0.1) is 25.9 Å². The van der Waals surface area contributed by atoms with Gasteiger partial charge in [0, 0.05) is 6.54 Å². The topological polar surface area (TPSA) is 88.7 Å². The monoisotopic (exact) mass is 236 g/mol. The van der Waals surface area contributed by atoms with Crippen LogP contribution < -0.4 is 4.90 Å². The third-order valence-corrected chi connectivity index (χ3v) is 2.79. The van der Waals surface area contributed by atoms with Crippen LogP contribution >= 0.6 is 0 Å². The fourth-order valence-electron chi connectivity index (χ4n) is 1.90. The number of ether oxygens (including phenoxy) is 1. The van der Waals surface area contributed by atoms with Gasteiger partial charge in [-0.1, -0.05) is 0 Å². The summed E-state index contributed by atoms with van der Waals surface area (Å²) in [5, 5.41) is 24.7. The van der Waals surface area contributed by atoms with Gasteiger partial charge in [-0.2, -0.15) is 0 Å². The summed E-state index contributed by atoms with van der Waals surface area (Å²) in [7, 11) is 0. The number of nitrogens with zero attached hydrogens (tertiary/aromatic N) is 6. The molecule has 90 valence electrons. The average molecular weight is 236 g/mol. The Morgan fingerprint density at radius 1 is 1.47 bits per heavy atom. The molecule has 3 rings (SSSR count). The Morgan fingerprint density at radius 3 is 3.29 bits per heavy atom. The fourth-order valence-corrected chi connectivity index (χ4v) is 1.90. The Kier molecular flexibility index (Phi) is 2.57. The average Bonchev–Trinajstić information content (AvgIpc) is 2.85. The van der Waals surface area contributed by atoms with E-state index in [0.717, 1.165) is 5.82 Å². The first kappa shape index (κ1) is 10.4. The van der Waals surface area contributed by atoms with Crippen LogP contribution in [0.25, 0.3) is 5.65 Å². The lowest BCUT2D eigenvalue weighted by Gasteiger charge is -2.34. The molecule has 2 aromatic heterocycles. The quantitative estimate of drug-likeness (QED) is 0.694. The number of aliphatic hydroxyl groups excluding tert-OH is 1. The van der Waals surface area contributed by atoms with Crippen LogP contribution in [0.15, 0.2) is 12.1 Å². The van der Waals surface area contributed by atoms with Crippen molar-refractivity contribution in [2.75, 3.05) is 31.3 Å². The smallest absolute Gasteiger partial charge is 0.200 e. The molecule has 2 aromatic rings. The van der Waals surface area contributed by atoms with Crippen LogP contribution in [-0.4, -0.2) is 62.8 Å². The van der Waals surface area contributed by atoms with E-state index < -0.39 is 0 Å². The van der Waals surface area contributed by atoms with E-state index in [2.05, 4.69) is 20.6 Å². The van der Waals surface area contributed by atoms with Crippen molar-refractivity contribution in [3.8, 4) is 0 Å². The number of morpholine rings is 1. The first-order valence-electron chi connectivity index (χ1n) is 5.39. The maximum Gasteiger partial charge on any atom is 0.200 e. The lowest BCUT2D eigenvalue weighted by Crippen LogP contribution is -2.48. The van der Waals surface area contributed by atoms with Gasteiger partial charge in [-0.05, 0) is 22.6 Å². The molecule has 0 aliphatic carbocycles. The summed E-state index contributed by atoms with van der Waals surface area (Å²) in [6.07, 6.45) is 0. The van der Waals surface area contributed by atoms with Crippen molar-refractivity contribution in [1.29, 1.82) is 0 Å².